The fourth-order valence-corrected chi connectivity index (χ4v) is 16.5. The second kappa shape index (κ2) is 19.3. The molecule has 394 valence electrons. The van der Waals surface area contributed by atoms with E-state index in [1.54, 1.807) is 34.8 Å². The van der Waals surface area contributed by atoms with E-state index in [-0.39, 0.29) is 11.1 Å². The number of benzene rings is 9. The van der Waals surface area contributed by atoms with Gasteiger partial charge in [0.25, 0.3) is 0 Å². The van der Waals surface area contributed by atoms with E-state index in [1.807, 2.05) is 48.5 Å². The van der Waals surface area contributed by atoms with Gasteiger partial charge in [-0.3, -0.25) is 0 Å². The number of allylic oxidation sites excluding steroid dienone is 2. The largest absolute Gasteiger partial charge is 0.192 e. The molecule has 0 unspecified atom stereocenters. The lowest BCUT2D eigenvalue weighted by Gasteiger charge is -2.36. The molecule has 0 amide bonds. The van der Waals surface area contributed by atoms with E-state index < -0.39 is 10.8 Å². The molecule has 84 heavy (non-hydrogen) atoms. The number of aromatic nitrogens is 4. The van der Waals surface area contributed by atoms with Crippen molar-refractivity contribution >= 4 is 101 Å². The number of fused-ring (bicyclic) bond motifs is 10. The van der Waals surface area contributed by atoms with Gasteiger partial charge in [0.1, 0.15) is 57.5 Å². The molecule has 4 aromatic heterocycles. The van der Waals surface area contributed by atoms with Crippen LogP contribution in [0.2, 0.25) is 0 Å². The van der Waals surface area contributed by atoms with E-state index in [0.29, 0.717) is 22.2 Å². The van der Waals surface area contributed by atoms with Gasteiger partial charge in [0.2, 0.25) is 0 Å². The molecule has 15 rings (SSSR count). The molecule has 0 bridgehead atoms. The summed E-state index contributed by atoms with van der Waals surface area (Å²) in [6.07, 6.45) is 3.17. The first-order valence-electron chi connectivity index (χ1n) is 27.2. The van der Waals surface area contributed by atoms with Gasteiger partial charge in [0.05, 0.1) is 34.3 Å². The smallest absolute Gasteiger partial charge is 0.130 e. The van der Waals surface area contributed by atoms with Gasteiger partial charge >= 0.3 is 0 Å². The van der Waals surface area contributed by atoms with Gasteiger partial charge in [0, 0.05) is 41.4 Å². The van der Waals surface area contributed by atoms with E-state index >= 15 is 0 Å². The van der Waals surface area contributed by atoms with Crippen molar-refractivity contribution < 1.29 is 0 Å². The lowest BCUT2D eigenvalue weighted by molar-refractivity contribution is 0.759. The van der Waals surface area contributed by atoms with E-state index in [1.165, 1.54) is 89.0 Å². The fourth-order valence-electron chi connectivity index (χ4n) is 13.1. The first kappa shape index (κ1) is 50.9. The van der Waals surface area contributed by atoms with Crippen LogP contribution in [0.3, 0.4) is 0 Å². The normalized spacial score (nSPS) is 13.1. The molecule has 2 aliphatic rings. The summed E-state index contributed by atoms with van der Waals surface area (Å²) >= 11 is 5.73. The van der Waals surface area contributed by atoms with Crippen molar-refractivity contribution in [2.75, 3.05) is 0 Å². The van der Waals surface area contributed by atoms with Crippen molar-refractivity contribution in [1.29, 1.82) is 21.0 Å². The van der Waals surface area contributed by atoms with Crippen LogP contribution in [-0.2, 0) is 10.8 Å². The molecule has 2 aliphatic carbocycles. The highest BCUT2D eigenvalue weighted by Gasteiger charge is 2.52. The summed E-state index contributed by atoms with van der Waals surface area (Å²) < 4.78 is 21.2. The van der Waals surface area contributed by atoms with E-state index in [9.17, 15) is 21.0 Å². The third kappa shape index (κ3) is 7.49. The summed E-state index contributed by atoms with van der Waals surface area (Å²) in [4.78, 5) is 2.10. The molecule has 0 N–H and O–H groups in total. The molecule has 0 atom stereocenters. The lowest BCUT2D eigenvalue weighted by atomic mass is 9.65. The van der Waals surface area contributed by atoms with Crippen molar-refractivity contribution in [1.82, 2.24) is 17.5 Å². The minimum Gasteiger partial charge on any atom is -0.192 e. The minimum atomic E-state index is -0.745. The Kier molecular flexibility index (Phi) is 11.7. The Hall–Kier alpha value is -10.0. The zero-order chi connectivity index (χ0) is 57.2. The van der Waals surface area contributed by atoms with Gasteiger partial charge in [-0.25, -0.2) is 0 Å². The van der Waals surface area contributed by atoms with Crippen molar-refractivity contribution in [2.24, 2.45) is 0 Å². The molecule has 0 saturated heterocycles. The average molecular weight is 1150 g/mol. The predicted octanol–water partition coefficient (Wildman–Crippen LogP) is 18.3. The van der Waals surface area contributed by atoms with Crippen molar-refractivity contribution in [3.05, 3.63) is 259 Å². The molecule has 9 aromatic carbocycles. The molecule has 0 aliphatic heterocycles. The zero-order valence-corrected chi connectivity index (χ0v) is 48.8. The van der Waals surface area contributed by atoms with Crippen LogP contribution in [0.1, 0.15) is 77.9 Å². The predicted molar refractivity (Wildman–Crippen MR) is 342 cm³/mol. The third-order valence-corrected chi connectivity index (χ3v) is 20.4. The van der Waals surface area contributed by atoms with E-state index in [4.69, 9.17) is 8.75 Å². The third-order valence-electron chi connectivity index (χ3n) is 17.1. The Bertz CT molecular complexity index is 4770. The highest BCUT2D eigenvalue weighted by atomic mass is 32.1. The molecular weight excluding hydrogens is 1110 g/mol. The second-order valence-electron chi connectivity index (χ2n) is 21.9. The van der Waals surface area contributed by atoms with Crippen molar-refractivity contribution in [3.8, 4) is 67.4 Å². The molecule has 12 heteroatoms. The van der Waals surface area contributed by atoms with E-state index in [0.717, 1.165) is 75.5 Å². The molecule has 0 saturated carbocycles. The number of nitrogens with zero attached hydrogens (tertiary/aromatic N) is 8. The number of hydrogen-bond acceptors (Lipinski definition) is 12. The topological polar surface area (TPSA) is 147 Å². The molecule has 4 heterocycles. The van der Waals surface area contributed by atoms with Crippen molar-refractivity contribution in [3.63, 3.8) is 0 Å². The summed E-state index contributed by atoms with van der Waals surface area (Å²) in [5.74, 6) is 0. The monoisotopic (exact) mass is 1150 g/mol. The molecule has 8 nitrogen and oxygen atoms in total. The number of hydrogen-bond donors (Lipinski definition) is 0. The molecule has 0 radical (unpaired) electrons. The van der Waals surface area contributed by atoms with Gasteiger partial charge in [-0.15, -0.1) is 22.7 Å². The molecule has 0 fully saturated rings. The van der Waals surface area contributed by atoms with Crippen LogP contribution in [0.5, 0.6) is 0 Å². The quantitative estimate of drug-likeness (QED) is 0.137. The first-order chi connectivity index (χ1) is 41.0. The van der Waals surface area contributed by atoms with Crippen molar-refractivity contribution in [2.45, 2.75) is 38.5 Å². The first-order valence-corrected chi connectivity index (χ1v) is 30.3. The second-order valence-corrected chi connectivity index (χ2v) is 25.1. The number of rotatable bonds is 8. The van der Waals surface area contributed by atoms with Crippen LogP contribution in [-0.4, -0.2) is 17.5 Å². The summed E-state index contributed by atoms with van der Waals surface area (Å²) in [6, 6.07) is 71.9. The fraction of sp³-hybridized carbons (Fsp3) is 0.0833. The molecule has 13 aromatic rings. The van der Waals surface area contributed by atoms with Crippen LogP contribution in [0, 0.1) is 73.0 Å². The highest BCUT2D eigenvalue weighted by molar-refractivity contribution is 7.22. The highest BCUT2D eigenvalue weighted by Crippen LogP contribution is 2.64. The van der Waals surface area contributed by atoms with Crippen LogP contribution < -0.4 is 0 Å². The number of nitriles is 4. The van der Waals surface area contributed by atoms with E-state index in [2.05, 4.69) is 182 Å². The Morgan fingerprint density at radius 2 is 0.667 bits per heavy atom. The number of thiophene rings is 2. The Morgan fingerprint density at radius 3 is 1.00 bits per heavy atom. The Labute approximate surface area is 500 Å². The van der Waals surface area contributed by atoms with Crippen LogP contribution in [0.4, 0.5) is 0 Å². The SMILES string of the molecule is Cc1ccc(C2(c3ccc(C)cc3)c3cc4c(cc3-c3cc5sc(-c6ccc(C=C(C#N)C#N)c7nsnc67)cc5cc32)C(c2ccc(C)cc2)(c2ccc(C)cc2)c2cc3cc(-c5ccc(C=C(C#N)C#N)c6nsnc56)sc3cc2-4)cc1. The summed E-state index contributed by atoms with van der Waals surface area (Å²) in [7, 11) is 0. The minimum absolute atomic E-state index is 0.0117. The Morgan fingerprint density at radius 1 is 0.357 bits per heavy atom. The summed E-state index contributed by atoms with van der Waals surface area (Å²) in [5.41, 5.74) is 23.7. The summed E-state index contributed by atoms with van der Waals surface area (Å²) in [6.45, 7) is 8.61. The molecule has 0 spiro atoms. The maximum absolute atomic E-state index is 9.63. The zero-order valence-electron chi connectivity index (χ0n) is 45.5. The summed E-state index contributed by atoms with van der Waals surface area (Å²) in [5, 5.41) is 40.8. The van der Waals surface area contributed by atoms with Crippen LogP contribution in [0.25, 0.3) is 97.5 Å². The van der Waals surface area contributed by atoms with Crippen LogP contribution >= 0.6 is 46.1 Å². The molecular formula is C72H42N8S4. The van der Waals surface area contributed by atoms with Gasteiger partial charge in [-0.2, -0.15) is 38.5 Å². The van der Waals surface area contributed by atoms with Gasteiger partial charge in [-0.05, 0) is 166 Å². The van der Waals surface area contributed by atoms with Gasteiger partial charge in [-0.1, -0.05) is 144 Å². The number of aryl methyl sites for hydroxylation is 4. The maximum atomic E-state index is 9.63. The van der Waals surface area contributed by atoms with Gasteiger partial charge in [0.15, 0.2) is 0 Å². The maximum Gasteiger partial charge on any atom is 0.130 e. The van der Waals surface area contributed by atoms with Crippen LogP contribution in [0.15, 0.2) is 181 Å². The van der Waals surface area contributed by atoms with Gasteiger partial charge < -0.3 is 0 Å². The standard InChI is InChI=1S/C72H42N8S4/c1-39-5-15-49(16-6-39)71(50-17-7-40(2)8-18-50)59-27-47-29-65(53-23-13-45(25-43(35-73)36-74)67-69(53)79-83-77-67)81-63(47)33-57(59)55-32-62-56(31-61(55)71)58-34-64-48(28-60(58)72(62,51-19-9-41(3)10-20-51)52-21-11-42(4)12-22-52)30-66(82-64)54-24-14-46(26-44(37-75)38-76)68-70(54)80-84-78-68/h5-34H,1-4H3. The average Bonchev–Trinajstić information content (AvgIpc) is 1.55. The Balaban J connectivity index is 1.02. The lowest BCUT2D eigenvalue weighted by Crippen LogP contribution is -2.30.